The number of nitrogens with zero attached hydrogens (tertiary/aromatic N) is 2. The molecule has 2 heterocycles. The first-order chi connectivity index (χ1) is 15.4. The van der Waals surface area contributed by atoms with E-state index in [9.17, 15) is 14.9 Å². The second-order valence-corrected chi connectivity index (χ2v) is 7.02. The van der Waals surface area contributed by atoms with E-state index in [1.807, 2.05) is 24.3 Å². The number of aryl methyl sites for hydroxylation is 1. The summed E-state index contributed by atoms with van der Waals surface area (Å²) in [5.41, 5.74) is 2.95. The summed E-state index contributed by atoms with van der Waals surface area (Å²) in [5.74, 6) is -0.340. The number of nitrogens with one attached hydrogen (secondary N) is 1. The highest BCUT2D eigenvalue weighted by atomic mass is 16.5. The van der Waals surface area contributed by atoms with Crippen molar-refractivity contribution in [1.82, 2.24) is 9.97 Å². The molecule has 32 heavy (non-hydrogen) atoms. The van der Waals surface area contributed by atoms with Crippen LogP contribution in [-0.2, 0) is 11.3 Å². The fourth-order valence-corrected chi connectivity index (χ4v) is 3.24. The first kappa shape index (κ1) is 22.5. The molecule has 2 aromatic heterocycles. The summed E-state index contributed by atoms with van der Waals surface area (Å²) in [4.78, 5) is 32.3. The van der Waals surface area contributed by atoms with Gasteiger partial charge in [0.25, 0.3) is 0 Å². The molecule has 0 saturated heterocycles. The molecule has 0 aliphatic carbocycles. The Kier molecular flexibility index (Phi) is 7.19. The third kappa shape index (κ3) is 5.10. The van der Waals surface area contributed by atoms with Crippen molar-refractivity contribution in [2.45, 2.75) is 27.4 Å². The first-order valence-corrected chi connectivity index (χ1v) is 10.1. The van der Waals surface area contributed by atoms with Crippen LogP contribution in [0.2, 0.25) is 0 Å². The molecule has 0 fully saturated rings. The van der Waals surface area contributed by atoms with Gasteiger partial charge in [0.15, 0.2) is 0 Å². The van der Waals surface area contributed by atoms with Crippen LogP contribution in [0.1, 0.15) is 50.3 Å². The monoisotopic (exact) mass is 429 g/mol. The summed E-state index contributed by atoms with van der Waals surface area (Å²) < 4.78 is 10.8. The van der Waals surface area contributed by atoms with E-state index in [0.29, 0.717) is 34.7 Å². The molecular formula is C25H23N3O4. The van der Waals surface area contributed by atoms with Crippen LogP contribution >= 0.6 is 0 Å². The van der Waals surface area contributed by atoms with Crippen LogP contribution in [0.15, 0.2) is 54.2 Å². The van der Waals surface area contributed by atoms with Gasteiger partial charge in [-0.1, -0.05) is 18.2 Å². The van der Waals surface area contributed by atoms with Crippen LogP contribution in [0.4, 0.5) is 0 Å². The lowest BCUT2D eigenvalue weighted by Gasteiger charge is -2.06. The number of ketones is 1. The number of H-pyrrole nitrogens is 1. The van der Waals surface area contributed by atoms with Crippen molar-refractivity contribution in [3.05, 3.63) is 88.0 Å². The number of aromatic nitrogens is 2. The average molecular weight is 429 g/mol. The first-order valence-electron chi connectivity index (χ1n) is 10.1. The molecule has 0 aliphatic rings. The number of hydrogen-bond acceptors (Lipinski definition) is 6. The van der Waals surface area contributed by atoms with Gasteiger partial charge in [-0.05, 0) is 62.2 Å². The molecule has 0 saturated carbocycles. The normalized spacial score (nSPS) is 11.0. The SMILES string of the molecule is CCOC(=O)c1c(C)[nH]c(C(=O)C(C#N)=Cc2ccc(OCc3ccccn3)cc2)c1C. The lowest BCUT2D eigenvalue weighted by atomic mass is 10.0. The van der Waals surface area contributed by atoms with Crippen molar-refractivity contribution in [3.8, 4) is 11.8 Å². The smallest absolute Gasteiger partial charge is 0.340 e. The van der Waals surface area contributed by atoms with E-state index in [1.165, 1.54) is 6.08 Å². The summed E-state index contributed by atoms with van der Waals surface area (Å²) in [7, 11) is 0. The van der Waals surface area contributed by atoms with Gasteiger partial charge in [-0.15, -0.1) is 0 Å². The summed E-state index contributed by atoms with van der Waals surface area (Å²) >= 11 is 0. The second kappa shape index (κ2) is 10.2. The molecule has 3 aromatic rings. The topological polar surface area (TPSA) is 105 Å². The fraction of sp³-hybridized carbons (Fsp3) is 0.200. The van der Waals surface area contributed by atoms with Gasteiger partial charge in [-0.25, -0.2) is 4.79 Å². The Morgan fingerprint density at radius 3 is 2.53 bits per heavy atom. The van der Waals surface area contributed by atoms with Crippen LogP contribution in [0.5, 0.6) is 5.75 Å². The molecule has 0 amide bonds. The van der Waals surface area contributed by atoms with Gasteiger partial charge in [0.1, 0.15) is 24.0 Å². The van der Waals surface area contributed by atoms with Gasteiger partial charge >= 0.3 is 5.97 Å². The molecule has 0 aliphatic heterocycles. The number of aromatic amines is 1. The van der Waals surface area contributed by atoms with E-state index in [1.54, 1.807) is 51.2 Å². The van der Waals surface area contributed by atoms with Crippen LogP contribution < -0.4 is 4.74 Å². The fourth-order valence-electron chi connectivity index (χ4n) is 3.24. The highest BCUT2D eigenvalue weighted by Crippen LogP contribution is 2.23. The zero-order chi connectivity index (χ0) is 23.1. The maximum Gasteiger partial charge on any atom is 0.340 e. The van der Waals surface area contributed by atoms with Crippen molar-refractivity contribution in [3.63, 3.8) is 0 Å². The molecule has 7 nitrogen and oxygen atoms in total. The van der Waals surface area contributed by atoms with Gasteiger partial charge in [-0.3, -0.25) is 9.78 Å². The van der Waals surface area contributed by atoms with Gasteiger partial charge in [0, 0.05) is 11.9 Å². The van der Waals surface area contributed by atoms with Crippen molar-refractivity contribution >= 4 is 17.8 Å². The van der Waals surface area contributed by atoms with Crippen molar-refractivity contribution in [2.24, 2.45) is 0 Å². The van der Waals surface area contributed by atoms with Crippen LogP contribution in [0, 0.1) is 25.2 Å². The third-order valence-corrected chi connectivity index (χ3v) is 4.81. The molecule has 3 rings (SSSR count). The predicted molar refractivity (Wildman–Crippen MR) is 119 cm³/mol. The molecule has 0 bridgehead atoms. The van der Waals surface area contributed by atoms with Crippen molar-refractivity contribution in [1.29, 1.82) is 5.26 Å². The second-order valence-electron chi connectivity index (χ2n) is 7.02. The standard InChI is InChI=1S/C25H23N3O4/c1-4-31-25(30)22-16(2)23(28-17(22)3)24(29)19(14-26)13-18-8-10-21(11-9-18)32-15-20-7-5-6-12-27-20/h5-13,28H,4,15H2,1-3H3. The van der Waals surface area contributed by atoms with Crippen molar-refractivity contribution < 1.29 is 19.1 Å². The highest BCUT2D eigenvalue weighted by Gasteiger charge is 2.24. The Hall–Kier alpha value is -4.18. The molecule has 7 heteroatoms. The zero-order valence-corrected chi connectivity index (χ0v) is 18.1. The quantitative estimate of drug-likeness (QED) is 0.243. The molecule has 0 atom stereocenters. The number of pyridine rings is 1. The molecule has 1 aromatic carbocycles. The van der Waals surface area contributed by atoms with E-state index < -0.39 is 11.8 Å². The van der Waals surface area contributed by atoms with E-state index in [4.69, 9.17) is 9.47 Å². The lowest BCUT2D eigenvalue weighted by molar-refractivity contribution is 0.0525. The minimum absolute atomic E-state index is 0.0492. The number of allylic oxidation sites excluding steroid dienone is 1. The van der Waals surface area contributed by atoms with E-state index in [-0.39, 0.29) is 17.9 Å². The number of Topliss-reactive ketones (excluding diaryl/α,β-unsaturated/α-hetero) is 1. The zero-order valence-electron chi connectivity index (χ0n) is 18.1. The number of benzene rings is 1. The van der Waals surface area contributed by atoms with E-state index in [2.05, 4.69) is 9.97 Å². The maximum atomic E-state index is 13.0. The van der Waals surface area contributed by atoms with Gasteiger partial charge in [0.2, 0.25) is 5.78 Å². The van der Waals surface area contributed by atoms with Crippen molar-refractivity contribution in [2.75, 3.05) is 6.61 Å². The number of hydrogen-bond donors (Lipinski definition) is 1. The minimum atomic E-state index is -0.499. The van der Waals surface area contributed by atoms with Gasteiger partial charge < -0.3 is 14.5 Å². The molecular weight excluding hydrogens is 406 g/mol. The summed E-state index contributed by atoms with van der Waals surface area (Å²) in [6, 6.07) is 14.6. The average Bonchev–Trinajstić information content (AvgIpc) is 3.11. The molecule has 0 radical (unpaired) electrons. The highest BCUT2D eigenvalue weighted by molar-refractivity contribution is 6.15. The number of rotatable bonds is 8. The largest absolute Gasteiger partial charge is 0.487 e. The number of nitriles is 1. The third-order valence-electron chi connectivity index (χ3n) is 4.81. The van der Waals surface area contributed by atoms with Crippen LogP contribution in [0.25, 0.3) is 6.08 Å². The van der Waals surface area contributed by atoms with Crippen LogP contribution in [-0.4, -0.2) is 28.3 Å². The minimum Gasteiger partial charge on any atom is -0.487 e. The van der Waals surface area contributed by atoms with Gasteiger partial charge in [0.05, 0.1) is 23.6 Å². The van der Waals surface area contributed by atoms with E-state index in [0.717, 1.165) is 5.69 Å². The molecule has 0 unspecified atom stereocenters. The Labute approximate surface area is 186 Å². The summed E-state index contributed by atoms with van der Waals surface area (Å²) in [5, 5.41) is 9.57. The maximum absolute atomic E-state index is 13.0. The molecule has 0 spiro atoms. The Balaban J connectivity index is 1.77. The molecule has 162 valence electrons. The van der Waals surface area contributed by atoms with Gasteiger partial charge in [-0.2, -0.15) is 5.26 Å². The van der Waals surface area contributed by atoms with E-state index >= 15 is 0 Å². The number of carbonyl (C=O) groups is 2. The Bertz CT molecular complexity index is 1190. The summed E-state index contributed by atoms with van der Waals surface area (Å²) in [6.07, 6.45) is 3.21. The Morgan fingerprint density at radius 2 is 1.91 bits per heavy atom. The molecule has 1 N–H and O–H groups in total. The number of carbonyl (C=O) groups excluding carboxylic acids is 2. The summed E-state index contributed by atoms with van der Waals surface area (Å²) in [6.45, 7) is 5.64. The number of esters is 1. The number of ether oxygens (including phenoxy) is 2. The predicted octanol–water partition coefficient (Wildman–Crippen LogP) is 4.57. The van der Waals surface area contributed by atoms with Crippen LogP contribution in [0.3, 0.4) is 0 Å². The lowest BCUT2D eigenvalue weighted by Crippen LogP contribution is -2.08. The Morgan fingerprint density at radius 1 is 1.16 bits per heavy atom.